The van der Waals surface area contributed by atoms with Crippen molar-refractivity contribution in [3.05, 3.63) is 29.8 Å². The zero-order valence-electron chi connectivity index (χ0n) is 13.5. The van der Waals surface area contributed by atoms with Gasteiger partial charge in [-0.2, -0.15) is 13.2 Å². The van der Waals surface area contributed by atoms with Crippen LogP contribution in [0.2, 0.25) is 0 Å². The molecule has 140 valence electrons. The highest BCUT2D eigenvalue weighted by Crippen LogP contribution is 2.38. The molecule has 1 amide bonds. The molecule has 1 aliphatic rings. The fourth-order valence-corrected chi connectivity index (χ4v) is 2.83. The molecule has 0 saturated carbocycles. The smallest absolute Gasteiger partial charge is 0.394 e. The van der Waals surface area contributed by atoms with Gasteiger partial charge in [0.25, 0.3) is 0 Å². The van der Waals surface area contributed by atoms with Crippen LogP contribution in [0.15, 0.2) is 24.3 Å². The van der Waals surface area contributed by atoms with Crippen LogP contribution in [0.5, 0.6) is 5.75 Å². The number of hydrogen-bond donors (Lipinski definition) is 1. The molecule has 1 heterocycles. The Morgan fingerprint density at radius 3 is 2.52 bits per heavy atom. The normalized spacial score (nSPS) is 20.1. The van der Waals surface area contributed by atoms with Gasteiger partial charge in [-0.05, 0) is 24.1 Å². The third kappa shape index (κ3) is 5.26. The minimum atomic E-state index is -4.63. The van der Waals surface area contributed by atoms with Gasteiger partial charge in [-0.3, -0.25) is 9.59 Å². The highest BCUT2D eigenvalue weighted by Gasteiger charge is 2.53. The molecule has 9 heteroatoms. The molecular formula is C16H19ClF3NO4. The molecule has 5 nitrogen and oxygen atoms in total. The number of ether oxygens (including phenoxy) is 1. The number of hydrogen-bond acceptors (Lipinski definition) is 3. The Labute approximate surface area is 149 Å². The first-order valence-corrected chi connectivity index (χ1v) is 7.42. The van der Waals surface area contributed by atoms with Crippen molar-refractivity contribution < 1.29 is 32.6 Å². The first-order chi connectivity index (χ1) is 11.2. The summed E-state index contributed by atoms with van der Waals surface area (Å²) in [5, 5.41) is 8.96. The number of carbonyl (C=O) groups excluding carboxylic acids is 1. The van der Waals surface area contributed by atoms with Crippen molar-refractivity contribution >= 4 is 24.3 Å². The lowest BCUT2D eigenvalue weighted by Crippen LogP contribution is -2.34. The van der Waals surface area contributed by atoms with Gasteiger partial charge < -0.3 is 14.7 Å². The second-order valence-electron chi connectivity index (χ2n) is 5.74. The summed E-state index contributed by atoms with van der Waals surface area (Å²) in [6.45, 7) is -1.01. The predicted molar refractivity (Wildman–Crippen MR) is 85.8 cm³/mol. The van der Waals surface area contributed by atoms with Gasteiger partial charge in [0.05, 0.1) is 18.9 Å². The number of methoxy groups -OCH3 is 1. The largest absolute Gasteiger partial charge is 0.497 e. The van der Waals surface area contributed by atoms with E-state index in [-0.39, 0.29) is 18.8 Å². The molecule has 1 aliphatic heterocycles. The van der Waals surface area contributed by atoms with Crippen LogP contribution in [0.3, 0.4) is 0 Å². The van der Waals surface area contributed by atoms with E-state index in [1.165, 1.54) is 7.11 Å². The molecule has 0 unspecified atom stereocenters. The van der Waals surface area contributed by atoms with E-state index >= 15 is 0 Å². The Morgan fingerprint density at radius 2 is 2.00 bits per heavy atom. The fourth-order valence-electron chi connectivity index (χ4n) is 2.83. The van der Waals surface area contributed by atoms with E-state index in [2.05, 4.69) is 0 Å². The molecule has 0 aromatic heterocycles. The summed E-state index contributed by atoms with van der Waals surface area (Å²) in [6.07, 6.45) is -4.27. The zero-order chi connectivity index (χ0) is 17.9. The maximum Gasteiger partial charge on any atom is 0.394 e. The number of halogens is 4. The van der Waals surface area contributed by atoms with Crippen LogP contribution in [0.4, 0.5) is 13.2 Å². The third-order valence-electron chi connectivity index (χ3n) is 4.17. The average molecular weight is 382 g/mol. The van der Waals surface area contributed by atoms with Gasteiger partial charge in [-0.1, -0.05) is 12.1 Å². The highest BCUT2D eigenvalue weighted by molar-refractivity contribution is 5.85. The number of carboxylic acids is 1. The molecular weight excluding hydrogens is 363 g/mol. The van der Waals surface area contributed by atoms with Crippen molar-refractivity contribution in [1.29, 1.82) is 0 Å². The Hall–Kier alpha value is -1.96. The fraction of sp³-hybridized carbons (Fsp3) is 0.500. The van der Waals surface area contributed by atoms with Crippen LogP contribution < -0.4 is 4.74 Å². The molecule has 1 aromatic rings. The average Bonchev–Trinajstić information content (AvgIpc) is 2.98. The second-order valence-corrected chi connectivity index (χ2v) is 5.74. The van der Waals surface area contributed by atoms with E-state index in [9.17, 15) is 22.8 Å². The minimum absolute atomic E-state index is 0. The number of carbonyl (C=O) groups is 2. The Morgan fingerprint density at radius 1 is 1.32 bits per heavy atom. The second kappa shape index (κ2) is 8.42. The molecule has 25 heavy (non-hydrogen) atoms. The van der Waals surface area contributed by atoms with Crippen LogP contribution in [0, 0.1) is 11.8 Å². The van der Waals surface area contributed by atoms with Crippen LogP contribution in [-0.2, 0) is 16.0 Å². The van der Waals surface area contributed by atoms with Crippen molar-refractivity contribution in [2.45, 2.75) is 19.0 Å². The number of aliphatic carboxylic acids is 1. The third-order valence-corrected chi connectivity index (χ3v) is 4.17. The van der Waals surface area contributed by atoms with Crippen LogP contribution >= 0.6 is 12.4 Å². The van der Waals surface area contributed by atoms with Crippen LogP contribution in [0.1, 0.15) is 12.0 Å². The zero-order valence-corrected chi connectivity index (χ0v) is 14.3. The van der Waals surface area contributed by atoms with Crippen molar-refractivity contribution in [3.8, 4) is 5.75 Å². The minimum Gasteiger partial charge on any atom is -0.497 e. The molecule has 2 rings (SSSR count). The molecule has 2 atom stereocenters. The molecule has 1 aromatic carbocycles. The maximum atomic E-state index is 12.9. The van der Waals surface area contributed by atoms with E-state index in [1.807, 2.05) is 0 Å². The standard InChI is InChI=1S/C16H18F3NO4.ClH/c1-24-11-4-2-3-10(7-11)5-6-14(21)20-8-12(15(22)23)13(9-20)16(17,18)19;/h2-4,7,12-13H,5-6,8-9H2,1H3,(H,22,23);1H/t12-,13-;/m1./s1. The topological polar surface area (TPSA) is 66.8 Å². The Kier molecular flexibility index (Phi) is 7.10. The summed E-state index contributed by atoms with van der Waals surface area (Å²) in [7, 11) is 1.51. The Bertz CT molecular complexity index is 624. The number of nitrogens with zero attached hydrogens (tertiary/aromatic N) is 1. The van der Waals surface area contributed by atoms with E-state index < -0.39 is 43.0 Å². The van der Waals surface area contributed by atoms with Gasteiger partial charge in [0.15, 0.2) is 0 Å². The summed E-state index contributed by atoms with van der Waals surface area (Å²) < 4.78 is 43.8. The monoisotopic (exact) mass is 381 g/mol. The molecule has 1 N–H and O–H groups in total. The number of carboxylic acid groups (broad SMARTS) is 1. The number of rotatable bonds is 5. The molecule has 0 aliphatic carbocycles. The lowest BCUT2D eigenvalue weighted by Gasteiger charge is -2.18. The van der Waals surface area contributed by atoms with Gasteiger partial charge in [0, 0.05) is 19.5 Å². The predicted octanol–water partition coefficient (Wildman–Crippen LogP) is 2.77. The summed E-state index contributed by atoms with van der Waals surface area (Å²) in [6, 6.07) is 7.04. The first kappa shape index (κ1) is 21.1. The number of alkyl halides is 3. The van der Waals surface area contributed by atoms with Crippen molar-refractivity contribution in [2.75, 3.05) is 20.2 Å². The Balaban J connectivity index is 0.00000312. The summed E-state index contributed by atoms with van der Waals surface area (Å²) in [5.74, 6) is -5.00. The molecule has 0 spiro atoms. The van der Waals surface area contributed by atoms with Crippen molar-refractivity contribution in [1.82, 2.24) is 4.90 Å². The maximum absolute atomic E-state index is 12.9. The quantitative estimate of drug-likeness (QED) is 0.851. The lowest BCUT2D eigenvalue weighted by molar-refractivity contribution is -0.188. The van der Waals surface area contributed by atoms with E-state index in [1.54, 1.807) is 24.3 Å². The van der Waals surface area contributed by atoms with Gasteiger partial charge in [0.1, 0.15) is 5.75 Å². The molecule has 1 saturated heterocycles. The van der Waals surface area contributed by atoms with Gasteiger partial charge in [-0.15, -0.1) is 12.4 Å². The lowest BCUT2D eigenvalue weighted by atomic mass is 9.96. The van der Waals surface area contributed by atoms with E-state index in [4.69, 9.17) is 9.84 Å². The van der Waals surface area contributed by atoms with Gasteiger partial charge >= 0.3 is 12.1 Å². The van der Waals surface area contributed by atoms with E-state index in [0.29, 0.717) is 12.2 Å². The number of benzene rings is 1. The molecule has 0 radical (unpaired) electrons. The number of amides is 1. The highest BCUT2D eigenvalue weighted by atomic mass is 35.5. The van der Waals surface area contributed by atoms with Crippen molar-refractivity contribution in [3.63, 3.8) is 0 Å². The van der Waals surface area contributed by atoms with Crippen LogP contribution in [0.25, 0.3) is 0 Å². The molecule has 1 fully saturated rings. The van der Waals surface area contributed by atoms with Crippen molar-refractivity contribution in [2.24, 2.45) is 11.8 Å². The number of aryl methyl sites for hydroxylation is 1. The van der Waals surface area contributed by atoms with Gasteiger partial charge in [0.2, 0.25) is 5.91 Å². The molecule has 0 bridgehead atoms. The SMILES string of the molecule is COc1cccc(CCC(=O)N2C[C@@H](C(F)(F)F)[C@H](C(=O)O)C2)c1.Cl. The summed E-state index contributed by atoms with van der Waals surface area (Å²) in [5.41, 5.74) is 0.823. The van der Waals surface area contributed by atoms with E-state index in [0.717, 1.165) is 10.5 Å². The summed E-state index contributed by atoms with van der Waals surface area (Å²) in [4.78, 5) is 24.2. The van der Waals surface area contributed by atoms with Gasteiger partial charge in [-0.25, -0.2) is 0 Å². The van der Waals surface area contributed by atoms with Crippen LogP contribution in [-0.4, -0.2) is 48.3 Å². The summed E-state index contributed by atoms with van der Waals surface area (Å²) >= 11 is 0. The first-order valence-electron chi connectivity index (χ1n) is 7.42. The number of likely N-dealkylation sites (tertiary alicyclic amines) is 1.